The van der Waals surface area contributed by atoms with E-state index in [1.165, 1.54) is 37.9 Å². The molecular weight excluding hydrogens is 162 g/mol. The molecule has 2 rings (SSSR count). The summed E-state index contributed by atoms with van der Waals surface area (Å²) in [5.74, 6) is 0.783. The lowest BCUT2D eigenvalue weighted by Crippen LogP contribution is -2.35. The standard InChI is InChI=1S/C11H19NO/c1-10-3-2-5-12(7-10)8-11-4-6-13-9-11/h11H,1-9H2. The van der Waals surface area contributed by atoms with Crippen LogP contribution in [-0.4, -0.2) is 37.7 Å². The Morgan fingerprint density at radius 3 is 3.15 bits per heavy atom. The van der Waals surface area contributed by atoms with Crippen molar-refractivity contribution in [2.24, 2.45) is 5.92 Å². The molecule has 1 unspecified atom stereocenters. The van der Waals surface area contributed by atoms with Gasteiger partial charge in [0.2, 0.25) is 0 Å². The summed E-state index contributed by atoms with van der Waals surface area (Å²) in [6.07, 6.45) is 3.78. The Kier molecular flexibility index (Phi) is 3.01. The molecule has 74 valence electrons. The Morgan fingerprint density at radius 1 is 1.54 bits per heavy atom. The zero-order valence-corrected chi connectivity index (χ0v) is 8.30. The highest BCUT2D eigenvalue weighted by Gasteiger charge is 2.20. The van der Waals surface area contributed by atoms with Crippen molar-refractivity contribution in [2.75, 3.05) is 32.8 Å². The van der Waals surface area contributed by atoms with E-state index in [0.717, 1.165) is 25.7 Å². The SMILES string of the molecule is C=C1CCCN(CC2CCOC2)C1. The lowest BCUT2D eigenvalue weighted by atomic mass is 10.0. The fraction of sp³-hybridized carbons (Fsp3) is 0.818. The van der Waals surface area contributed by atoms with Crippen LogP contribution in [0.1, 0.15) is 19.3 Å². The molecule has 2 fully saturated rings. The van der Waals surface area contributed by atoms with Crippen LogP contribution in [0.25, 0.3) is 0 Å². The normalized spacial score (nSPS) is 31.1. The molecule has 1 atom stereocenters. The first-order valence-electron chi connectivity index (χ1n) is 5.31. The summed E-state index contributed by atoms with van der Waals surface area (Å²) in [5.41, 5.74) is 1.41. The molecule has 2 saturated heterocycles. The molecule has 0 N–H and O–H groups in total. The van der Waals surface area contributed by atoms with E-state index >= 15 is 0 Å². The summed E-state index contributed by atoms with van der Waals surface area (Å²) in [6.45, 7) is 9.62. The van der Waals surface area contributed by atoms with Gasteiger partial charge in [0.25, 0.3) is 0 Å². The molecule has 0 aliphatic carbocycles. The summed E-state index contributed by atoms with van der Waals surface area (Å²) >= 11 is 0. The quantitative estimate of drug-likeness (QED) is 0.601. The van der Waals surface area contributed by atoms with E-state index in [4.69, 9.17) is 4.74 Å². The van der Waals surface area contributed by atoms with Crippen LogP contribution in [0.3, 0.4) is 0 Å². The number of nitrogens with zero attached hydrogens (tertiary/aromatic N) is 1. The predicted molar refractivity (Wildman–Crippen MR) is 53.7 cm³/mol. The third-order valence-electron chi connectivity index (χ3n) is 2.99. The second-order valence-corrected chi connectivity index (χ2v) is 4.32. The van der Waals surface area contributed by atoms with Gasteiger partial charge in [0, 0.05) is 19.7 Å². The van der Waals surface area contributed by atoms with Gasteiger partial charge >= 0.3 is 0 Å². The van der Waals surface area contributed by atoms with Crippen LogP contribution in [0.5, 0.6) is 0 Å². The summed E-state index contributed by atoms with van der Waals surface area (Å²) < 4.78 is 5.38. The van der Waals surface area contributed by atoms with E-state index < -0.39 is 0 Å². The predicted octanol–water partition coefficient (Wildman–Crippen LogP) is 1.67. The van der Waals surface area contributed by atoms with E-state index in [1.54, 1.807) is 0 Å². The van der Waals surface area contributed by atoms with Crippen LogP contribution >= 0.6 is 0 Å². The fourth-order valence-corrected chi connectivity index (χ4v) is 2.28. The van der Waals surface area contributed by atoms with E-state index in [9.17, 15) is 0 Å². The maximum absolute atomic E-state index is 5.38. The van der Waals surface area contributed by atoms with E-state index in [-0.39, 0.29) is 0 Å². The molecule has 2 nitrogen and oxygen atoms in total. The van der Waals surface area contributed by atoms with Gasteiger partial charge in [0.15, 0.2) is 0 Å². The van der Waals surface area contributed by atoms with Gasteiger partial charge < -0.3 is 4.74 Å². The molecule has 0 aromatic heterocycles. The minimum absolute atomic E-state index is 0.783. The number of rotatable bonds is 2. The minimum atomic E-state index is 0.783. The average molecular weight is 181 g/mol. The molecule has 0 bridgehead atoms. The Bertz CT molecular complexity index is 185. The van der Waals surface area contributed by atoms with Crippen LogP contribution in [0.15, 0.2) is 12.2 Å². The number of piperidine rings is 1. The van der Waals surface area contributed by atoms with Gasteiger partial charge in [-0.15, -0.1) is 0 Å². The monoisotopic (exact) mass is 181 g/mol. The highest BCUT2D eigenvalue weighted by Crippen LogP contribution is 2.18. The number of ether oxygens (including phenoxy) is 1. The minimum Gasteiger partial charge on any atom is -0.381 e. The van der Waals surface area contributed by atoms with Crippen LogP contribution in [0, 0.1) is 5.92 Å². The van der Waals surface area contributed by atoms with Crippen molar-refractivity contribution in [1.82, 2.24) is 4.90 Å². The molecule has 2 heteroatoms. The molecule has 2 heterocycles. The lowest BCUT2D eigenvalue weighted by molar-refractivity contribution is 0.165. The van der Waals surface area contributed by atoms with Crippen molar-refractivity contribution < 1.29 is 4.74 Å². The molecule has 0 aromatic carbocycles. The van der Waals surface area contributed by atoms with Gasteiger partial charge in [-0.2, -0.15) is 0 Å². The topological polar surface area (TPSA) is 12.5 Å². The molecule has 0 aromatic rings. The van der Waals surface area contributed by atoms with Crippen LogP contribution in [0.4, 0.5) is 0 Å². The summed E-state index contributed by atoms with van der Waals surface area (Å²) in [4.78, 5) is 2.53. The van der Waals surface area contributed by atoms with Crippen LogP contribution < -0.4 is 0 Å². The molecule has 2 aliphatic rings. The zero-order valence-electron chi connectivity index (χ0n) is 8.30. The second kappa shape index (κ2) is 4.25. The second-order valence-electron chi connectivity index (χ2n) is 4.32. The first-order valence-corrected chi connectivity index (χ1v) is 5.31. The van der Waals surface area contributed by atoms with Gasteiger partial charge in [0.1, 0.15) is 0 Å². The Labute approximate surface area is 80.6 Å². The fourth-order valence-electron chi connectivity index (χ4n) is 2.28. The van der Waals surface area contributed by atoms with Gasteiger partial charge in [0.05, 0.1) is 6.61 Å². The number of hydrogen-bond donors (Lipinski definition) is 0. The largest absolute Gasteiger partial charge is 0.381 e. The third kappa shape index (κ3) is 2.55. The molecular formula is C11H19NO. The molecule has 2 aliphatic heterocycles. The maximum atomic E-state index is 5.38. The van der Waals surface area contributed by atoms with Crippen molar-refractivity contribution in [3.8, 4) is 0 Å². The van der Waals surface area contributed by atoms with Crippen molar-refractivity contribution in [3.05, 3.63) is 12.2 Å². The molecule has 0 radical (unpaired) electrons. The molecule has 0 spiro atoms. The zero-order chi connectivity index (χ0) is 9.10. The van der Waals surface area contributed by atoms with E-state index in [1.807, 2.05) is 0 Å². The Balaban J connectivity index is 1.76. The van der Waals surface area contributed by atoms with Crippen molar-refractivity contribution >= 4 is 0 Å². The molecule has 0 saturated carbocycles. The van der Waals surface area contributed by atoms with Crippen molar-refractivity contribution in [2.45, 2.75) is 19.3 Å². The summed E-state index contributed by atoms with van der Waals surface area (Å²) in [7, 11) is 0. The summed E-state index contributed by atoms with van der Waals surface area (Å²) in [5, 5.41) is 0. The Hall–Kier alpha value is -0.340. The first kappa shape index (κ1) is 9.22. The van der Waals surface area contributed by atoms with Gasteiger partial charge in [-0.25, -0.2) is 0 Å². The smallest absolute Gasteiger partial charge is 0.0507 e. The number of likely N-dealkylation sites (tertiary alicyclic amines) is 1. The molecule has 13 heavy (non-hydrogen) atoms. The van der Waals surface area contributed by atoms with Gasteiger partial charge in [-0.3, -0.25) is 4.90 Å². The lowest BCUT2D eigenvalue weighted by Gasteiger charge is -2.29. The van der Waals surface area contributed by atoms with Gasteiger partial charge in [-0.05, 0) is 31.7 Å². The highest BCUT2D eigenvalue weighted by atomic mass is 16.5. The van der Waals surface area contributed by atoms with Crippen molar-refractivity contribution in [3.63, 3.8) is 0 Å². The highest BCUT2D eigenvalue weighted by molar-refractivity contribution is 5.00. The van der Waals surface area contributed by atoms with Crippen molar-refractivity contribution in [1.29, 1.82) is 0 Å². The van der Waals surface area contributed by atoms with Crippen LogP contribution in [0.2, 0.25) is 0 Å². The third-order valence-corrected chi connectivity index (χ3v) is 2.99. The first-order chi connectivity index (χ1) is 6.34. The van der Waals surface area contributed by atoms with E-state index in [0.29, 0.717) is 0 Å². The maximum Gasteiger partial charge on any atom is 0.0507 e. The van der Waals surface area contributed by atoms with Gasteiger partial charge in [-0.1, -0.05) is 12.2 Å². The number of hydrogen-bond acceptors (Lipinski definition) is 2. The Morgan fingerprint density at radius 2 is 2.46 bits per heavy atom. The molecule has 0 amide bonds. The van der Waals surface area contributed by atoms with E-state index in [2.05, 4.69) is 11.5 Å². The van der Waals surface area contributed by atoms with Crippen LogP contribution in [-0.2, 0) is 4.74 Å². The average Bonchev–Trinajstić information content (AvgIpc) is 2.57. The summed E-state index contributed by atoms with van der Waals surface area (Å²) in [6, 6.07) is 0.